The molecule has 2 rings (SSSR count). The van der Waals surface area contributed by atoms with Crippen molar-refractivity contribution in [2.24, 2.45) is 0 Å². The van der Waals surface area contributed by atoms with E-state index in [0.29, 0.717) is 17.1 Å². The van der Waals surface area contributed by atoms with Gasteiger partial charge in [0.25, 0.3) is 0 Å². The highest BCUT2D eigenvalue weighted by Gasteiger charge is 2.30. The highest BCUT2D eigenvalue weighted by atomic mass is 19.4. The van der Waals surface area contributed by atoms with Crippen LogP contribution in [0.1, 0.15) is 24.1 Å². The van der Waals surface area contributed by atoms with Gasteiger partial charge in [-0.2, -0.15) is 13.2 Å². The lowest BCUT2D eigenvalue weighted by Crippen LogP contribution is -2.36. The average Bonchev–Trinajstić information content (AvgIpc) is 2.66. The maximum absolute atomic E-state index is 12.5. The zero-order chi connectivity index (χ0) is 20.9. The van der Waals surface area contributed by atoms with Crippen LogP contribution >= 0.6 is 0 Å². The first-order valence-electron chi connectivity index (χ1n) is 8.16. The molecule has 28 heavy (non-hydrogen) atoms. The molecule has 0 saturated carbocycles. The molecule has 0 aliphatic carbocycles. The number of ether oxygens (including phenoxy) is 2. The van der Waals surface area contributed by atoms with Crippen molar-refractivity contribution >= 4 is 17.5 Å². The van der Waals surface area contributed by atoms with E-state index in [4.69, 9.17) is 9.47 Å². The van der Waals surface area contributed by atoms with Crippen LogP contribution in [0.5, 0.6) is 11.5 Å². The van der Waals surface area contributed by atoms with Gasteiger partial charge in [-0.3, -0.25) is 9.59 Å². The van der Waals surface area contributed by atoms with E-state index >= 15 is 0 Å². The molecule has 2 aromatic carbocycles. The largest absolute Gasteiger partial charge is 0.493 e. The van der Waals surface area contributed by atoms with Crippen LogP contribution in [0, 0.1) is 0 Å². The molecule has 150 valence electrons. The van der Waals surface area contributed by atoms with E-state index in [1.165, 1.54) is 14.2 Å². The molecule has 1 unspecified atom stereocenters. The van der Waals surface area contributed by atoms with Crippen LogP contribution in [-0.4, -0.2) is 26.0 Å². The van der Waals surface area contributed by atoms with Gasteiger partial charge in [0, 0.05) is 5.69 Å². The van der Waals surface area contributed by atoms with Gasteiger partial charge in [-0.1, -0.05) is 6.07 Å². The molecule has 6 nitrogen and oxygen atoms in total. The Bertz CT molecular complexity index is 851. The Balaban J connectivity index is 2.01. The lowest BCUT2D eigenvalue weighted by atomic mass is 10.1. The van der Waals surface area contributed by atoms with Crippen molar-refractivity contribution in [2.75, 3.05) is 19.5 Å². The van der Waals surface area contributed by atoms with Gasteiger partial charge in [0.2, 0.25) is 0 Å². The molecule has 2 aromatic rings. The monoisotopic (exact) mass is 396 g/mol. The molecule has 0 radical (unpaired) electrons. The number of hydrogen-bond acceptors (Lipinski definition) is 4. The number of hydrogen-bond donors (Lipinski definition) is 2. The molecular formula is C19H19F3N2O4. The minimum atomic E-state index is -4.48. The van der Waals surface area contributed by atoms with Crippen LogP contribution in [0.2, 0.25) is 0 Å². The third kappa shape index (κ3) is 5.15. The van der Waals surface area contributed by atoms with E-state index in [9.17, 15) is 22.8 Å². The zero-order valence-electron chi connectivity index (χ0n) is 15.4. The molecule has 0 spiro atoms. The molecule has 0 saturated heterocycles. The molecule has 2 N–H and O–H groups in total. The van der Waals surface area contributed by atoms with Crippen LogP contribution in [0.3, 0.4) is 0 Å². The van der Waals surface area contributed by atoms with Gasteiger partial charge in [0.05, 0.1) is 25.8 Å². The molecule has 0 heterocycles. The summed E-state index contributed by atoms with van der Waals surface area (Å²) in [6.45, 7) is 1.67. The number of carbonyl (C=O) groups is 2. The Morgan fingerprint density at radius 3 is 2.07 bits per heavy atom. The first-order valence-corrected chi connectivity index (χ1v) is 8.16. The summed E-state index contributed by atoms with van der Waals surface area (Å²) >= 11 is 0. The van der Waals surface area contributed by atoms with Crippen LogP contribution in [0.15, 0.2) is 42.5 Å². The number of rotatable bonds is 5. The van der Waals surface area contributed by atoms with E-state index in [0.717, 1.165) is 24.3 Å². The normalized spacial score (nSPS) is 12.1. The maximum atomic E-state index is 12.5. The minimum absolute atomic E-state index is 0.0759. The minimum Gasteiger partial charge on any atom is -0.493 e. The molecule has 2 amide bonds. The fourth-order valence-corrected chi connectivity index (χ4v) is 2.40. The van der Waals surface area contributed by atoms with Crippen LogP contribution in [-0.2, 0) is 15.8 Å². The van der Waals surface area contributed by atoms with Crippen molar-refractivity contribution in [3.05, 3.63) is 53.6 Å². The maximum Gasteiger partial charge on any atom is 0.416 e. The smallest absolute Gasteiger partial charge is 0.416 e. The Kier molecular flexibility index (Phi) is 6.50. The second-order valence-corrected chi connectivity index (χ2v) is 5.84. The number of nitrogens with one attached hydrogen (secondary N) is 2. The number of amides is 2. The van der Waals surface area contributed by atoms with Crippen molar-refractivity contribution in [1.29, 1.82) is 0 Å². The summed E-state index contributed by atoms with van der Waals surface area (Å²) in [6, 6.07) is 8.30. The number of methoxy groups -OCH3 is 2. The average molecular weight is 396 g/mol. The molecule has 9 heteroatoms. The van der Waals surface area contributed by atoms with Gasteiger partial charge in [-0.25, -0.2) is 0 Å². The van der Waals surface area contributed by atoms with E-state index in [1.807, 2.05) is 0 Å². The topological polar surface area (TPSA) is 76.7 Å². The number of alkyl halides is 3. The van der Waals surface area contributed by atoms with Crippen molar-refractivity contribution in [2.45, 2.75) is 19.1 Å². The van der Waals surface area contributed by atoms with Gasteiger partial charge >= 0.3 is 18.0 Å². The standard InChI is InChI=1S/C19H19F3N2O4/c1-11(12-4-9-15(27-2)16(10-12)28-3)23-17(25)18(26)24-14-7-5-13(6-8-14)19(20,21)22/h4-11H,1-3H3,(H,23,25)(H,24,26). The van der Waals surface area contributed by atoms with Gasteiger partial charge in [0.15, 0.2) is 11.5 Å². The van der Waals surface area contributed by atoms with E-state index in [2.05, 4.69) is 10.6 Å². The van der Waals surface area contributed by atoms with E-state index in [-0.39, 0.29) is 5.69 Å². The first-order chi connectivity index (χ1) is 13.2. The molecule has 0 fully saturated rings. The summed E-state index contributed by atoms with van der Waals surface area (Å²) in [5, 5.41) is 4.77. The number of carbonyl (C=O) groups excluding carboxylic acids is 2. The zero-order valence-corrected chi connectivity index (χ0v) is 15.4. The predicted octanol–water partition coefficient (Wildman–Crippen LogP) is 3.54. The quantitative estimate of drug-likeness (QED) is 0.758. The lowest BCUT2D eigenvalue weighted by molar-refractivity contribution is -0.137. The second kappa shape index (κ2) is 8.64. The van der Waals surface area contributed by atoms with Crippen LogP contribution < -0.4 is 20.1 Å². The third-order valence-corrected chi connectivity index (χ3v) is 3.93. The summed E-state index contributed by atoms with van der Waals surface area (Å²) < 4.78 is 48.0. The van der Waals surface area contributed by atoms with Crippen LogP contribution in [0.4, 0.5) is 18.9 Å². The molecular weight excluding hydrogens is 377 g/mol. The van der Waals surface area contributed by atoms with Crippen molar-refractivity contribution in [3.8, 4) is 11.5 Å². The number of halogens is 3. The third-order valence-electron chi connectivity index (χ3n) is 3.93. The van der Waals surface area contributed by atoms with Gasteiger partial charge in [0.1, 0.15) is 0 Å². The summed E-state index contributed by atoms with van der Waals surface area (Å²) in [5.74, 6) is -0.936. The molecule has 1 atom stereocenters. The van der Waals surface area contributed by atoms with Gasteiger partial charge in [-0.05, 0) is 48.9 Å². The SMILES string of the molecule is COc1ccc(C(C)NC(=O)C(=O)Nc2ccc(C(F)(F)F)cc2)cc1OC. The number of anilines is 1. The summed E-state index contributed by atoms with van der Waals surface area (Å²) in [5.41, 5.74) is -0.0997. The first kappa shape index (κ1) is 21.1. The summed E-state index contributed by atoms with van der Waals surface area (Å²) in [7, 11) is 2.97. The highest BCUT2D eigenvalue weighted by molar-refractivity contribution is 6.39. The second-order valence-electron chi connectivity index (χ2n) is 5.84. The molecule has 0 aromatic heterocycles. The highest BCUT2D eigenvalue weighted by Crippen LogP contribution is 2.30. The van der Waals surface area contributed by atoms with Gasteiger partial charge < -0.3 is 20.1 Å². The lowest BCUT2D eigenvalue weighted by Gasteiger charge is -2.16. The van der Waals surface area contributed by atoms with Crippen molar-refractivity contribution < 1.29 is 32.2 Å². The number of benzene rings is 2. The van der Waals surface area contributed by atoms with Crippen molar-refractivity contribution in [1.82, 2.24) is 5.32 Å². The van der Waals surface area contributed by atoms with Crippen LogP contribution in [0.25, 0.3) is 0 Å². The molecule has 0 aliphatic heterocycles. The fourth-order valence-electron chi connectivity index (χ4n) is 2.40. The summed E-state index contributed by atoms with van der Waals surface area (Å²) in [6.07, 6.45) is -4.48. The Hall–Kier alpha value is -3.23. The Morgan fingerprint density at radius 2 is 1.54 bits per heavy atom. The van der Waals surface area contributed by atoms with E-state index < -0.39 is 29.6 Å². The summed E-state index contributed by atoms with van der Waals surface area (Å²) in [4.78, 5) is 24.1. The Morgan fingerprint density at radius 1 is 0.929 bits per heavy atom. The fraction of sp³-hybridized carbons (Fsp3) is 0.263. The van der Waals surface area contributed by atoms with Crippen molar-refractivity contribution in [3.63, 3.8) is 0 Å². The molecule has 0 aliphatic rings. The Labute approximate surface area is 159 Å². The van der Waals surface area contributed by atoms with E-state index in [1.54, 1.807) is 25.1 Å². The molecule has 0 bridgehead atoms. The predicted molar refractivity (Wildman–Crippen MR) is 96.2 cm³/mol. The van der Waals surface area contributed by atoms with Gasteiger partial charge in [-0.15, -0.1) is 0 Å².